The molecule has 1 heterocycles. The van der Waals surface area contributed by atoms with Crippen LogP contribution in [-0.2, 0) is 21.3 Å². The molecular weight excluding hydrogens is 264 g/mol. The maximum absolute atomic E-state index is 12.4. The maximum Gasteiger partial charge on any atom is 0.217 e. The van der Waals surface area contributed by atoms with Crippen LogP contribution in [0.15, 0.2) is 24.5 Å². The van der Waals surface area contributed by atoms with E-state index in [1.165, 1.54) is 11.4 Å². The molecule has 1 aromatic rings. The molecule has 0 spiro atoms. The third kappa shape index (κ3) is 4.89. The highest BCUT2D eigenvalue weighted by Gasteiger charge is 2.27. The summed E-state index contributed by atoms with van der Waals surface area (Å²) in [7, 11) is -1.84. The van der Waals surface area contributed by atoms with Gasteiger partial charge in [-0.3, -0.25) is 4.98 Å². The Labute approximate surface area is 115 Å². The third-order valence-corrected chi connectivity index (χ3v) is 5.00. The standard InChI is InChI=1S/C13H22N2O3S/c1-11(2)15(9-13-6-5-7-14-8-13)19(16,17)10-12(3)18-4/h5-8,11-12H,9-10H2,1-4H3. The summed E-state index contributed by atoms with van der Waals surface area (Å²) < 4.78 is 31.3. The average Bonchev–Trinajstić information content (AvgIpc) is 2.36. The van der Waals surface area contributed by atoms with Crippen LogP contribution in [0.25, 0.3) is 0 Å². The first-order chi connectivity index (χ1) is 8.86. The quantitative estimate of drug-likeness (QED) is 0.765. The monoisotopic (exact) mass is 286 g/mol. The lowest BCUT2D eigenvalue weighted by molar-refractivity contribution is 0.134. The summed E-state index contributed by atoms with van der Waals surface area (Å²) in [6, 6.07) is 3.57. The van der Waals surface area contributed by atoms with Crippen LogP contribution in [0, 0.1) is 0 Å². The van der Waals surface area contributed by atoms with E-state index in [-0.39, 0.29) is 17.9 Å². The summed E-state index contributed by atoms with van der Waals surface area (Å²) in [5, 5.41) is 0. The van der Waals surface area contributed by atoms with Crippen LogP contribution in [0.1, 0.15) is 26.3 Å². The van der Waals surface area contributed by atoms with Crippen molar-refractivity contribution in [3.63, 3.8) is 0 Å². The van der Waals surface area contributed by atoms with Crippen LogP contribution in [0.5, 0.6) is 0 Å². The predicted octanol–water partition coefficient (Wildman–Crippen LogP) is 1.66. The summed E-state index contributed by atoms with van der Waals surface area (Å²) >= 11 is 0. The highest BCUT2D eigenvalue weighted by molar-refractivity contribution is 7.89. The van der Waals surface area contributed by atoms with Gasteiger partial charge in [-0.05, 0) is 32.4 Å². The Morgan fingerprint density at radius 1 is 1.37 bits per heavy atom. The second-order valence-corrected chi connectivity index (χ2v) is 6.79. The van der Waals surface area contributed by atoms with Crippen LogP contribution >= 0.6 is 0 Å². The minimum atomic E-state index is -3.35. The van der Waals surface area contributed by atoms with E-state index in [9.17, 15) is 8.42 Å². The third-order valence-electron chi connectivity index (χ3n) is 2.84. The molecule has 1 rings (SSSR count). The fourth-order valence-electron chi connectivity index (χ4n) is 1.73. The predicted molar refractivity (Wildman–Crippen MR) is 75.2 cm³/mol. The first-order valence-corrected chi connectivity index (χ1v) is 7.89. The second kappa shape index (κ2) is 6.98. The fraction of sp³-hybridized carbons (Fsp3) is 0.615. The Morgan fingerprint density at radius 2 is 2.05 bits per heavy atom. The smallest absolute Gasteiger partial charge is 0.217 e. The van der Waals surface area contributed by atoms with Crippen molar-refractivity contribution in [2.75, 3.05) is 12.9 Å². The Balaban J connectivity index is 2.89. The minimum absolute atomic E-state index is 0.0120. The normalized spacial score (nSPS) is 14.0. The molecule has 19 heavy (non-hydrogen) atoms. The zero-order valence-corrected chi connectivity index (χ0v) is 12.7. The van der Waals surface area contributed by atoms with Crippen molar-refractivity contribution >= 4 is 10.0 Å². The first-order valence-electron chi connectivity index (χ1n) is 6.28. The van der Waals surface area contributed by atoms with E-state index in [1.807, 2.05) is 19.9 Å². The summed E-state index contributed by atoms with van der Waals surface area (Å²) in [5.41, 5.74) is 0.879. The fourth-order valence-corrected chi connectivity index (χ4v) is 3.64. The highest BCUT2D eigenvalue weighted by Crippen LogP contribution is 2.14. The van der Waals surface area contributed by atoms with Gasteiger partial charge in [0.25, 0.3) is 0 Å². The summed E-state index contributed by atoms with van der Waals surface area (Å²) in [4.78, 5) is 4.01. The largest absolute Gasteiger partial charge is 0.381 e. The highest BCUT2D eigenvalue weighted by atomic mass is 32.2. The zero-order chi connectivity index (χ0) is 14.5. The lowest BCUT2D eigenvalue weighted by Crippen LogP contribution is -2.40. The van der Waals surface area contributed by atoms with Gasteiger partial charge in [-0.25, -0.2) is 8.42 Å². The van der Waals surface area contributed by atoms with Gasteiger partial charge in [-0.2, -0.15) is 4.31 Å². The molecule has 6 heteroatoms. The number of methoxy groups -OCH3 is 1. The number of ether oxygens (including phenoxy) is 1. The first kappa shape index (κ1) is 16.1. The van der Waals surface area contributed by atoms with E-state index < -0.39 is 10.0 Å². The molecule has 108 valence electrons. The van der Waals surface area contributed by atoms with Crippen molar-refractivity contribution in [3.8, 4) is 0 Å². The SMILES string of the molecule is COC(C)CS(=O)(=O)N(Cc1cccnc1)C(C)C. The lowest BCUT2D eigenvalue weighted by Gasteiger charge is -2.27. The molecule has 0 amide bonds. The molecular formula is C13H22N2O3S. The van der Waals surface area contributed by atoms with E-state index in [4.69, 9.17) is 4.74 Å². The molecule has 0 aromatic carbocycles. The van der Waals surface area contributed by atoms with Crippen molar-refractivity contribution in [2.24, 2.45) is 0 Å². The molecule has 0 aliphatic heterocycles. The number of sulfonamides is 1. The van der Waals surface area contributed by atoms with E-state index in [0.717, 1.165) is 5.56 Å². The number of aromatic nitrogens is 1. The van der Waals surface area contributed by atoms with Crippen molar-refractivity contribution < 1.29 is 13.2 Å². The molecule has 0 aliphatic carbocycles. The summed E-state index contributed by atoms with van der Waals surface area (Å²) in [5.74, 6) is -0.0120. The molecule has 1 unspecified atom stereocenters. The Hall–Kier alpha value is -0.980. The van der Waals surface area contributed by atoms with E-state index >= 15 is 0 Å². The molecule has 1 aromatic heterocycles. The topological polar surface area (TPSA) is 59.5 Å². The van der Waals surface area contributed by atoms with Crippen molar-refractivity contribution in [1.82, 2.24) is 9.29 Å². The van der Waals surface area contributed by atoms with E-state index in [0.29, 0.717) is 6.54 Å². The second-order valence-electron chi connectivity index (χ2n) is 4.83. The summed E-state index contributed by atoms with van der Waals surface area (Å²) in [6.45, 7) is 5.82. The van der Waals surface area contributed by atoms with E-state index in [2.05, 4.69) is 4.98 Å². The molecule has 0 N–H and O–H groups in total. The lowest BCUT2D eigenvalue weighted by atomic mass is 10.2. The van der Waals surface area contributed by atoms with Crippen molar-refractivity contribution in [3.05, 3.63) is 30.1 Å². The van der Waals surface area contributed by atoms with Gasteiger partial charge in [0.1, 0.15) is 0 Å². The van der Waals surface area contributed by atoms with Gasteiger partial charge < -0.3 is 4.74 Å². The Bertz CT molecular complexity index is 474. The van der Waals surface area contributed by atoms with Crippen molar-refractivity contribution in [2.45, 2.75) is 39.5 Å². The number of rotatable bonds is 7. The number of nitrogens with zero attached hydrogens (tertiary/aromatic N) is 2. The Kier molecular flexibility index (Phi) is 5.90. The average molecular weight is 286 g/mol. The van der Waals surface area contributed by atoms with Gasteiger partial charge >= 0.3 is 0 Å². The maximum atomic E-state index is 12.4. The molecule has 0 saturated heterocycles. The number of hydrogen-bond donors (Lipinski definition) is 0. The van der Waals surface area contributed by atoms with Gasteiger partial charge in [0.2, 0.25) is 10.0 Å². The minimum Gasteiger partial charge on any atom is -0.381 e. The van der Waals surface area contributed by atoms with Gasteiger partial charge in [-0.15, -0.1) is 0 Å². The molecule has 1 atom stereocenters. The number of hydrogen-bond acceptors (Lipinski definition) is 4. The van der Waals surface area contributed by atoms with Gasteiger partial charge in [0.15, 0.2) is 0 Å². The van der Waals surface area contributed by atoms with Crippen LogP contribution in [-0.4, -0.2) is 42.7 Å². The molecule has 0 radical (unpaired) electrons. The van der Waals surface area contributed by atoms with E-state index in [1.54, 1.807) is 25.4 Å². The summed E-state index contributed by atoms with van der Waals surface area (Å²) in [6.07, 6.45) is 3.04. The number of pyridine rings is 1. The van der Waals surface area contributed by atoms with Gasteiger partial charge in [0.05, 0.1) is 11.9 Å². The Morgan fingerprint density at radius 3 is 2.53 bits per heavy atom. The van der Waals surface area contributed by atoms with Crippen molar-refractivity contribution in [1.29, 1.82) is 0 Å². The zero-order valence-electron chi connectivity index (χ0n) is 11.9. The van der Waals surface area contributed by atoms with Crippen LogP contribution in [0.3, 0.4) is 0 Å². The van der Waals surface area contributed by atoms with Crippen LogP contribution in [0.2, 0.25) is 0 Å². The molecule has 0 saturated carbocycles. The molecule has 0 bridgehead atoms. The van der Waals surface area contributed by atoms with Crippen LogP contribution < -0.4 is 0 Å². The molecule has 5 nitrogen and oxygen atoms in total. The van der Waals surface area contributed by atoms with Gasteiger partial charge in [-0.1, -0.05) is 6.07 Å². The molecule has 0 aliphatic rings. The van der Waals surface area contributed by atoms with Crippen LogP contribution in [0.4, 0.5) is 0 Å². The molecule has 0 fully saturated rings. The van der Waals surface area contributed by atoms with Gasteiger partial charge in [0, 0.05) is 32.1 Å².